The third kappa shape index (κ3) is 1.44. The fourth-order valence-electron chi connectivity index (χ4n) is 1.16. The van der Waals surface area contributed by atoms with Crippen molar-refractivity contribution in [3.05, 3.63) is 30.2 Å². The van der Waals surface area contributed by atoms with Crippen molar-refractivity contribution in [2.75, 3.05) is 6.61 Å². The predicted molar refractivity (Wildman–Crippen MR) is 48.9 cm³/mol. The molecule has 72 valence electrons. The van der Waals surface area contributed by atoms with Crippen LogP contribution in [0.2, 0.25) is 0 Å². The number of hydrogen-bond donors (Lipinski definition) is 0. The van der Waals surface area contributed by atoms with Gasteiger partial charge in [-0.25, -0.2) is 4.79 Å². The highest BCUT2D eigenvalue weighted by Gasteiger charge is 2.07. The van der Waals surface area contributed by atoms with Crippen LogP contribution < -0.4 is 0 Å². The molecular formula is C9H9N3O2. The first kappa shape index (κ1) is 8.68. The summed E-state index contributed by atoms with van der Waals surface area (Å²) in [7, 11) is 0. The fraction of sp³-hybridized carbons (Fsp3) is 0.222. The standard InChI is InChI=1S/C9H9N3O2/c1-2-14-9(13)7-3-4-12-6-10-11-8(12)5-7/h3-6H,2H2,1H3. The van der Waals surface area contributed by atoms with E-state index >= 15 is 0 Å². The third-order valence-corrected chi connectivity index (χ3v) is 1.81. The van der Waals surface area contributed by atoms with Crippen LogP contribution in [0.5, 0.6) is 0 Å². The Morgan fingerprint density at radius 3 is 3.29 bits per heavy atom. The van der Waals surface area contributed by atoms with Gasteiger partial charge in [0, 0.05) is 6.20 Å². The van der Waals surface area contributed by atoms with Crippen LogP contribution in [0.4, 0.5) is 0 Å². The molecule has 0 aromatic carbocycles. The maximum Gasteiger partial charge on any atom is 0.338 e. The van der Waals surface area contributed by atoms with E-state index in [0.29, 0.717) is 17.8 Å². The number of fused-ring (bicyclic) bond motifs is 1. The van der Waals surface area contributed by atoms with E-state index < -0.39 is 0 Å². The SMILES string of the molecule is CCOC(=O)c1ccn2cnnc2c1. The highest BCUT2D eigenvalue weighted by molar-refractivity contribution is 5.90. The molecular weight excluding hydrogens is 182 g/mol. The first-order chi connectivity index (χ1) is 6.81. The van der Waals surface area contributed by atoms with E-state index in [1.54, 1.807) is 36.0 Å². The van der Waals surface area contributed by atoms with Gasteiger partial charge in [-0.05, 0) is 19.1 Å². The minimum Gasteiger partial charge on any atom is -0.462 e. The molecule has 2 aromatic heterocycles. The Kier molecular flexibility index (Phi) is 2.14. The molecule has 5 nitrogen and oxygen atoms in total. The molecule has 0 fully saturated rings. The first-order valence-corrected chi connectivity index (χ1v) is 4.28. The summed E-state index contributed by atoms with van der Waals surface area (Å²) < 4.78 is 6.58. The number of rotatable bonds is 2. The molecule has 0 bridgehead atoms. The van der Waals surface area contributed by atoms with Crippen LogP contribution in [0, 0.1) is 0 Å². The second-order valence-electron chi connectivity index (χ2n) is 2.73. The second kappa shape index (κ2) is 3.45. The lowest BCUT2D eigenvalue weighted by atomic mass is 10.3. The van der Waals surface area contributed by atoms with Gasteiger partial charge in [0.05, 0.1) is 12.2 Å². The molecule has 0 aliphatic heterocycles. The summed E-state index contributed by atoms with van der Waals surface area (Å²) in [4.78, 5) is 11.3. The Balaban J connectivity index is 2.38. The average Bonchev–Trinajstić information content (AvgIpc) is 2.64. The van der Waals surface area contributed by atoms with Crippen molar-refractivity contribution in [3.8, 4) is 0 Å². The van der Waals surface area contributed by atoms with Crippen LogP contribution in [0.25, 0.3) is 5.65 Å². The minimum absolute atomic E-state index is 0.335. The predicted octanol–water partition coefficient (Wildman–Crippen LogP) is 0.906. The van der Waals surface area contributed by atoms with Crippen molar-refractivity contribution in [3.63, 3.8) is 0 Å². The molecule has 0 amide bonds. The monoisotopic (exact) mass is 191 g/mol. The van der Waals surface area contributed by atoms with E-state index in [9.17, 15) is 4.79 Å². The molecule has 2 aromatic rings. The summed E-state index contributed by atoms with van der Waals surface area (Å²) in [6, 6.07) is 3.32. The smallest absolute Gasteiger partial charge is 0.338 e. The van der Waals surface area contributed by atoms with Gasteiger partial charge in [-0.15, -0.1) is 10.2 Å². The normalized spacial score (nSPS) is 10.4. The van der Waals surface area contributed by atoms with Crippen LogP contribution in [0.3, 0.4) is 0 Å². The van der Waals surface area contributed by atoms with Crippen molar-refractivity contribution in [1.82, 2.24) is 14.6 Å². The Labute approximate surface area is 80.3 Å². The van der Waals surface area contributed by atoms with E-state index in [1.165, 1.54) is 0 Å². The number of ether oxygens (including phenoxy) is 1. The maximum absolute atomic E-state index is 11.3. The van der Waals surface area contributed by atoms with Gasteiger partial charge in [-0.2, -0.15) is 0 Å². The number of hydrogen-bond acceptors (Lipinski definition) is 4. The lowest BCUT2D eigenvalue weighted by molar-refractivity contribution is 0.0526. The Hall–Kier alpha value is -1.91. The summed E-state index contributed by atoms with van der Waals surface area (Å²) in [5.41, 5.74) is 1.13. The lowest BCUT2D eigenvalue weighted by Crippen LogP contribution is -2.04. The summed E-state index contributed by atoms with van der Waals surface area (Å²) in [5.74, 6) is -0.335. The fourth-order valence-corrected chi connectivity index (χ4v) is 1.16. The maximum atomic E-state index is 11.3. The van der Waals surface area contributed by atoms with Gasteiger partial charge in [0.15, 0.2) is 5.65 Å². The molecule has 2 heterocycles. The zero-order valence-electron chi connectivity index (χ0n) is 7.67. The van der Waals surface area contributed by atoms with Crippen molar-refractivity contribution >= 4 is 11.6 Å². The topological polar surface area (TPSA) is 56.5 Å². The lowest BCUT2D eigenvalue weighted by Gasteiger charge is -2.00. The van der Waals surface area contributed by atoms with Gasteiger partial charge in [0.1, 0.15) is 6.33 Å². The average molecular weight is 191 g/mol. The molecule has 0 saturated carbocycles. The summed E-state index contributed by atoms with van der Waals surface area (Å²) >= 11 is 0. The quantitative estimate of drug-likeness (QED) is 0.662. The van der Waals surface area contributed by atoms with Gasteiger partial charge in [0.25, 0.3) is 0 Å². The summed E-state index contributed by atoms with van der Waals surface area (Å²) in [6.45, 7) is 2.14. The van der Waals surface area contributed by atoms with Gasteiger partial charge in [0.2, 0.25) is 0 Å². The molecule has 0 aliphatic carbocycles. The van der Waals surface area contributed by atoms with Crippen molar-refractivity contribution < 1.29 is 9.53 Å². The first-order valence-electron chi connectivity index (χ1n) is 4.28. The molecule has 0 saturated heterocycles. The molecule has 0 spiro atoms. The highest BCUT2D eigenvalue weighted by Crippen LogP contribution is 2.05. The molecule has 0 aliphatic rings. The number of carbonyl (C=O) groups excluding carboxylic acids is 1. The van der Waals surface area contributed by atoms with Gasteiger partial charge >= 0.3 is 5.97 Å². The highest BCUT2D eigenvalue weighted by atomic mass is 16.5. The number of aromatic nitrogens is 3. The minimum atomic E-state index is -0.335. The molecule has 0 N–H and O–H groups in total. The molecule has 0 atom stereocenters. The van der Waals surface area contributed by atoms with E-state index in [-0.39, 0.29) is 5.97 Å². The zero-order valence-corrected chi connectivity index (χ0v) is 7.67. The summed E-state index contributed by atoms with van der Waals surface area (Å²) in [5, 5.41) is 7.54. The van der Waals surface area contributed by atoms with Crippen LogP contribution in [-0.4, -0.2) is 27.2 Å². The number of carbonyl (C=O) groups is 1. The van der Waals surface area contributed by atoms with Crippen molar-refractivity contribution in [1.29, 1.82) is 0 Å². The Morgan fingerprint density at radius 1 is 1.64 bits per heavy atom. The van der Waals surface area contributed by atoms with Crippen LogP contribution in [0.1, 0.15) is 17.3 Å². The van der Waals surface area contributed by atoms with Crippen molar-refractivity contribution in [2.45, 2.75) is 6.92 Å². The number of nitrogens with zero attached hydrogens (tertiary/aromatic N) is 3. The Morgan fingerprint density at radius 2 is 2.50 bits per heavy atom. The molecule has 14 heavy (non-hydrogen) atoms. The van der Waals surface area contributed by atoms with Gasteiger partial charge in [-0.1, -0.05) is 0 Å². The van der Waals surface area contributed by atoms with E-state index in [0.717, 1.165) is 0 Å². The number of esters is 1. The molecule has 0 unspecified atom stereocenters. The van der Waals surface area contributed by atoms with E-state index in [2.05, 4.69) is 10.2 Å². The molecule has 2 rings (SSSR count). The van der Waals surface area contributed by atoms with Gasteiger partial charge < -0.3 is 4.74 Å². The van der Waals surface area contributed by atoms with Crippen LogP contribution >= 0.6 is 0 Å². The third-order valence-electron chi connectivity index (χ3n) is 1.81. The zero-order chi connectivity index (χ0) is 9.97. The van der Waals surface area contributed by atoms with Crippen LogP contribution in [-0.2, 0) is 4.74 Å². The molecule has 0 radical (unpaired) electrons. The molecule has 5 heteroatoms. The van der Waals surface area contributed by atoms with Crippen LogP contribution in [0.15, 0.2) is 24.7 Å². The van der Waals surface area contributed by atoms with E-state index in [4.69, 9.17) is 4.74 Å². The van der Waals surface area contributed by atoms with Gasteiger partial charge in [-0.3, -0.25) is 4.40 Å². The number of pyridine rings is 1. The second-order valence-corrected chi connectivity index (χ2v) is 2.73. The largest absolute Gasteiger partial charge is 0.462 e. The van der Waals surface area contributed by atoms with E-state index in [1.807, 2.05) is 0 Å². The Bertz CT molecular complexity index is 464. The van der Waals surface area contributed by atoms with Crippen molar-refractivity contribution in [2.24, 2.45) is 0 Å². The summed E-state index contributed by atoms with van der Waals surface area (Å²) in [6.07, 6.45) is 3.30.